The van der Waals surface area contributed by atoms with Crippen molar-refractivity contribution in [3.05, 3.63) is 83.4 Å². The van der Waals surface area contributed by atoms with Crippen molar-refractivity contribution in [2.24, 2.45) is 0 Å². The maximum atomic E-state index is 12.9. The minimum Gasteiger partial charge on any atom is -0.326 e. The standard InChI is InChI=1S/C23H23N3O4S/c1-15-6-4-9-21(12-15)26-31(29,30)22-13-18(11-10-16(22)2)23(28)25-20-8-5-7-19(14-20)24-17(3)27/h4-14,26H,1-3H3,(H,24,27)(H,25,28). The number of carbonyl (C=O) groups is 2. The molecule has 2 amide bonds. The summed E-state index contributed by atoms with van der Waals surface area (Å²) in [6.45, 7) is 4.93. The van der Waals surface area contributed by atoms with Crippen LogP contribution in [0.25, 0.3) is 0 Å². The number of nitrogens with one attached hydrogen (secondary N) is 3. The number of aryl methyl sites for hydroxylation is 2. The summed E-state index contributed by atoms with van der Waals surface area (Å²) in [7, 11) is -3.89. The van der Waals surface area contributed by atoms with Gasteiger partial charge in [-0.1, -0.05) is 24.3 Å². The van der Waals surface area contributed by atoms with Crippen molar-refractivity contribution in [2.75, 3.05) is 15.4 Å². The Bertz CT molecular complexity index is 1250. The van der Waals surface area contributed by atoms with Crippen LogP contribution in [0, 0.1) is 13.8 Å². The van der Waals surface area contributed by atoms with E-state index in [9.17, 15) is 18.0 Å². The fraction of sp³-hybridized carbons (Fsp3) is 0.130. The second kappa shape index (κ2) is 9.01. The molecule has 0 aliphatic carbocycles. The Labute approximate surface area is 181 Å². The van der Waals surface area contributed by atoms with Crippen molar-refractivity contribution in [1.82, 2.24) is 0 Å². The van der Waals surface area contributed by atoms with Gasteiger partial charge in [0.15, 0.2) is 0 Å². The van der Waals surface area contributed by atoms with E-state index in [2.05, 4.69) is 15.4 Å². The van der Waals surface area contributed by atoms with Crippen molar-refractivity contribution >= 4 is 38.9 Å². The summed E-state index contributed by atoms with van der Waals surface area (Å²) in [6, 6.07) is 18.2. The first kappa shape index (κ1) is 22.0. The predicted octanol–water partition coefficient (Wildman–Crippen LogP) is 4.31. The van der Waals surface area contributed by atoms with Crippen LogP contribution >= 0.6 is 0 Å². The molecule has 3 aromatic rings. The second-order valence-corrected chi connectivity index (χ2v) is 8.82. The molecule has 0 saturated heterocycles. The molecule has 8 heteroatoms. The van der Waals surface area contributed by atoms with E-state index in [1.807, 2.05) is 13.0 Å². The molecule has 0 aliphatic rings. The highest BCUT2D eigenvalue weighted by Gasteiger charge is 2.19. The highest BCUT2D eigenvalue weighted by atomic mass is 32.2. The minimum atomic E-state index is -3.89. The molecule has 0 aromatic heterocycles. The number of anilines is 3. The van der Waals surface area contributed by atoms with Gasteiger partial charge in [-0.25, -0.2) is 8.42 Å². The monoisotopic (exact) mass is 437 g/mol. The maximum absolute atomic E-state index is 12.9. The Hall–Kier alpha value is -3.65. The lowest BCUT2D eigenvalue weighted by molar-refractivity contribution is -0.114. The smallest absolute Gasteiger partial charge is 0.262 e. The van der Waals surface area contributed by atoms with Crippen molar-refractivity contribution in [3.63, 3.8) is 0 Å². The van der Waals surface area contributed by atoms with E-state index in [0.29, 0.717) is 22.6 Å². The normalized spacial score (nSPS) is 10.9. The van der Waals surface area contributed by atoms with E-state index in [1.165, 1.54) is 13.0 Å². The van der Waals surface area contributed by atoms with Gasteiger partial charge in [0, 0.05) is 29.5 Å². The van der Waals surface area contributed by atoms with Crippen LogP contribution in [0.3, 0.4) is 0 Å². The molecule has 31 heavy (non-hydrogen) atoms. The van der Waals surface area contributed by atoms with Crippen LogP contribution in [0.2, 0.25) is 0 Å². The molecular formula is C23H23N3O4S. The first-order chi connectivity index (χ1) is 14.6. The first-order valence-corrected chi connectivity index (χ1v) is 11.0. The van der Waals surface area contributed by atoms with Crippen LogP contribution in [-0.4, -0.2) is 20.2 Å². The van der Waals surface area contributed by atoms with E-state index in [4.69, 9.17) is 0 Å². The summed E-state index contributed by atoms with van der Waals surface area (Å²) in [6.07, 6.45) is 0. The average molecular weight is 438 g/mol. The molecule has 0 spiro atoms. The van der Waals surface area contributed by atoms with Crippen molar-refractivity contribution < 1.29 is 18.0 Å². The number of sulfonamides is 1. The largest absolute Gasteiger partial charge is 0.326 e. The molecular weight excluding hydrogens is 414 g/mol. The van der Waals surface area contributed by atoms with E-state index in [-0.39, 0.29) is 16.4 Å². The Morgan fingerprint density at radius 1 is 0.774 bits per heavy atom. The second-order valence-electron chi connectivity index (χ2n) is 7.17. The average Bonchev–Trinajstić information content (AvgIpc) is 2.67. The van der Waals surface area contributed by atoms with Gasteiger partial charge in [-0.3, -0.25) is 14.3 Å². The number of amides is 2. The number of hydrogen-bond donors (Lipinski definition) is 3. The summed E-state index contributed by atoms with van der Waals surface area (Å²) >= 11 is 0. The number of rotatable bonds is 6. The van der Waals surface area contributed by atoms with Gasteiger partial charge in [0.1, 0.15) is 0 Å². The Morgan fingerprint density at radius 2 is 1.42 bits per heavy atom. The van der Waals surface area contributed by atoms with Crippen LogP contribution in [0.5, 0.6) is 0 Å². The summed E-state index contributed by atoms with van der Waals surface area (Å²) in [5, 5.41) is 5.37. The number of benzene rings is 3. The van der Waals surface area contributed by atoms with Gasteiger partial charge in [-0.15, -0.1) is 0 Å². The van der Waals surface area contributed by atoms with Crippen LogP contribution in [0.1, 0.15) is 28.4 Å². The fourth-order valence-corrected chi connectivity index (χ4v) is 4.35. The summed E-state index contributed by atoms with van der Waals surface area (Å²) in [5.41, 5.74) is 3.10. The summed E-state index contributed by atoms with van der Waals surface area (Å²) in [4.78, 5) is 24.0. The van der Waals surface area contributed by atoms with Gasteiger partial charge in [0.05, 0.1) is 4.90 Å². The van der Waals surface area contributed by atoms with Gasteiger partial charge >= 0.3 is 0 Å². The molecule has 0 radical (unpaired) electrons. The van der Waals surface area contributed by atoms with Gasteiger partial charge in [0.2, 0.25) is 5.91 Å². The highest BCUT2D eigenvalue weighted by Crippen LogP contribution is 2.22. The number of carbonyl (C=O) groups excluding carboxylic acids is 2. The lowest BCUT2D eigenvalue weighted by atomic mass is 10.1. The molecule has 0 bridgehead atoms. The van der Waals surface area contributed by atoms with Crippen molar-refractivity contribution in [2.45, 2.75) is 25.7 Å². The van der Waals surface area contributed by atoms with Gasteiger partial charge in [-0.05, 0) is 67.4 Å². The van der Waals surface area contributed by atoms with Crippen molar-refractivity contribution in [1.29, 1.82) is 0 Å². The van der Waals surface area contributed by atoms with Gasteiger partial charge in [-0.2, -0.15) is 0 Å². The van der Waals surface area contributed by atoms with Crippen LogP contribution < -0.4 is 15.4 Å². The quantitative estimate of drug-likeness (QED) is 0.534. The predicted molar refractivity (Wildman–Crippen MR) is 122 cm³/mol. The molecule has 3 rings (SSSR count). The van der Waals surface area contributed by atoms with Gasteiger partial charge < -0.3 is 10.6 Å². The molecule has 3 aromatic carbocycles. The zero-order valence-corrected chi connectivity index (χ0v) is 18.2. The lowest BCUT2D eigenvalue weighted by Crippen LogP contribution is -2.17. The molecule has 0 saturated carbocycles. The lowest BCUT2D eigenvalue weighted by Gasteiger charge is -2.13. The first-order valence-electron chi connectivity index (χ1n) is 9.53. The van der Waals surface area contributed by atoms with Crippen LogP contribution in [-0.2, 0) is 14.8 Å². The molecule has 7 nitrogen and oxygen atoms in total. The third-order valence-corrected chi connectivity index (χ3v) is 5.97. The molecule has 0 heterocycles. The summed E-state index contributed by atoms with van der Waals surface area (Å²) in [5.74, 6) is -0.690. The maximum Gasteiger partial charge on any atom is 0.262 e. The zero-order chi connectivity index (χ0) is 22.6. The van der Waals surface area contributed by atoms with Crippen molar-refractivity contribution in [3.8, 4) is 0 Å². The Kier molecular flexibility index (Phi) is 6.41. The van der Waals surface area contributed by atoms with E-state index >= 15 is 0 Å². The Morgan fingerprint density at radius 3 is 2.10 bits per heavy atom. The molecule has 0 aliphatic heterocycles. The fourth-order valence-electron chi connectivity index (χ4n) is 3.03. The molecule has 3 N–H and O–H groups in total. The topological polar surface area (TPSA) is 104 Å². The molecule has 0 unspecified atom stereocenters. The van der Waals surface area contributed by atoms with E-state index < -0.39 is 15.9 Å². The SMILES string of the molecule is CC(=O)Nc1cccc(NC(=O)c2ccc(C)c(S(=O)(=O)Nc3cccc(C)c3)c2)c1. The van der Waals surface area contributed by atoms with Crippen LogP contribution in [0.4, 0.5) is 17.1 Å². The Balaban J connectivity index is 1.85. The third-order valence-electron chi connectivity index (χ3n) is 4.45. The minimum absolute atomic E-state index is 0.0219. The highest BCUT2D eigenvalue weighted by molar-refractivity contribution is 7.92. The van der Waals surface area contributed by atoms with Gasteiger partial charge in [0.25, 0.3) is 15.9 Å². The third kappa shape index (κ3) is 5.70. The number of hydrogen-bond acceptors (Lipinski definition) is 4. The molecule has 0 atom stereocenters. The van der Waals surface area contributed by atoms with E-state index in [1.54, 1.807) is 61.5 Å². The van der Waals surface area contributed by atoms with E-state index in [0.717, 1.165) is 5.56 Å². The molecule has 0 fully saturated rings. The summed E-state index contributed by atoms with van der Waals surface area (Å²) < 4.78 is 28.4. The van der Waals surface area contributed by atoms with Crippen LogP contribution in [0.15, 0.2) is 71.6 Å². The zero-order valence-electron chi connectivity index (χ0n) is 17.4. The molecule has 160 valence electrons.